The number of carbonyl (C=O) groups is 2. The number of hydrogen-bond donors (Lipinski definition) is 2. The molecule has 1 atom stereocenters. The molecule has 0 radical (unpaired) electrons. The lowest BCUT2D eigenvalue weighted by Crippen LogP contribution is -2.26. The minimum atomic E-state index is -1.29. The first kappa shape index (κ1) is 17.7. The number of aromatic carboxylic acids is 1. The summed E-state index contributed by atoms with van der Waals surface area (Å²) in [5.41, 5.74) is 1.06. The molecule has 0 aliphatic rings. The second kappa shape index (κ2) is 6.45. The third kappa shape index (κ3) is 2.77. The SMILES string of the molecule is Cc1c(C(C)NC(=O)c2cnn3cccnc23)oc2c(C(=O)O)cc(F)cc12. The molecule has 1 aromatic carbocycles. The number of halogens is 1. The Labute approximate surface area is 157 Å². The van der Waals surface area contributed by atoms with E-state index in [9.17, 15) is 19.1 Å². The summed E-state index contributed by atoms with van der Waals surface area (Å²) in [4.78, 5) is 28.2. The molecule has 0 bridgehead atoms. The number of aryl methyl sites for hydroxylation is 1. The van der Waals surface area contributed by atoms with Crippen molar-refractivity contribution in [3.8, 4) is 0 Å². The summed E-state index contributed by atoms with van der Waals surface area (Å²) in [6.07, 6.45) is 4.64. The molecular weight excluding hydrogens is 367 g/mol. The summed E-state index contributed by atoms with van der Waals surface area (Å²) in [6.45, 7) is 3.38. The average Bonchev–Trinajstić information content (AvgIpc) is 3.23. The highest BCUT2D eigenvalue weighted by molar-refractivity contribution is 6.02. The van der Waals surface area contributed by atoms with Gasteiger partial charge in [-0.05, 0) is 32.0 Å². The molecule has 142 valence electrons. The van der Waals surface area contributed by atoms with Crippen molar-refractivity contribution in [2.75, 3.05) is 0 Å². The largest absolute Gasteiger partial charge is 0.478 e. The van der Waals surface area contributed by atoms with Gasteiger partial charge in [-0.3, -0.25) is 4.79 Å². The van der Waals surface area contributed by atoms with Crippen LogP contribution in [0.15, 0.2) is 41.2 Å². The molecule has 0 saturated heterocycles. The van der Waals surface area contributed by atoms with Crippen molar-refractivity contribution < 1.29 is 23.5 Å². The van der Waals surface area contributed by atoms with Crippen LogP contribution < -0.4 is 5.32 Å². The maximum absolute atomic E-state index is 13.8. The van der Waals surface area contributed by atoms with Crippen LogP contribution in [-0.4, -0.2) is 31.6 Å². The summed E-state index contributed by atoms with van der Waals surface area (Å²) >= 11 is 0. The zero-order chi connectivity index (χ0) is 20.0. The number of furan rings is 1. The minimum Gasteiger partial charge on any atom is -0.478 e. The molecule has 4 rings (SSSR count). The molecule has 9 heteroatoms. The second-order valence-electron chi connectivity index (χ2n) is 6.37. The highest BCUT2D eigenvalue weighted by Gasteiger charge is 2.24. The van der Waals surface area contributed by atoms with Gasteiger partial charge >= 0.3 is 5.97 Å². The van der Waals surface area contributed by atoms with Crippen molar-refractivity contribution in [2.24, 2.45) is 0 Å². The smallest absolute Gasteiger partial charge is 0.339 e. The summed E-state index contributed by atoms with van der Waals surface area (Å²) < 4.78 is 21.0. The first-order valence-corrected chi connectivity index (χ1v) is 8.42. The lowest BCUT2D eigenvalue weighted by atomic mass is 10.1. The predicted molar refractivity (Wildman–Crippen MR) is 96.7 cm³/mol. The average molecular weight is 382 g/mol. The van der Waals surface area contributed by atoms with E-state index in [1.54, 1.807) is 32.3 Å². The fourth-order valence-corrected chi connectivity index (χ4v) is 3.20. The molecule has 0 saturated carbocycles. The predicted octanol–water partition coefficient (Wildman–Crippen LogP) is 3.11. The number of nitrogens with one attached hydrogen (secondary N) is 1. The van der Waals surface area contributed by atoms with Gasteiger partial charge in [0.15, 0.2) is 5.65 Å². The first-order chi connectivity index (χ1) is 13.4. The summed E-state index contributed by atoms with van der Waals surface area (Å²) in [6, 6.07) is 3.23. The molecule has 8 nitrogen and oxygen atoms in total. The Balaban J connectivity index is 1.70. The highest BCUT2D eigenvalue weighted by atomic mass is 19.1. The molecule has 0 aliphatic heterocycles. The number of amides is 1. The van der Waals surface area contributed by atoms with Gasteiger partial charge in [-0.1, -0.05) is 0 Å². The molecule has 1 amide bonds. The van der Waals surface area contributed by atoms with Gasteiger partial charge in [0, 0.05) is 23.3 Å². The molecule has 0 spiro atoms. The van der Waals surface area contributed by atoms with Gasteiger partial charge < -0.3 is 14.8 Å². The summed E-state index contributed by atoms with van der Waals surface area (Å²) in [7, 11) is 0. The fraction of sp³-hybridized carbons (Fsp3) is 0.158. The van der Waals surface area contributed by atoms with Crippen molar-refractivity contribution in [1.29, 1.82) is 0 Å². The number of rotatable bonds is 4. The standard InChI is InChI=1S/C19H15FN4O4/c1-9-12-6-11(20)7-13(19(26)27)16(12)28-15(9)10(2)23-18(25)14-8-22-24-5-3-4-21-17(14)24/h3-8,10H,1-2H3,(H,23,25)(H,26,27). The first-order valence-electron chi connectivity index (χ1n) is 8.42. The molecule has 3 heterocycles. The number of carboxylic acids is 1. The topological polar surface area (TPSA) is 110 Å². The fourth-order valence-electron chi connectivity index (χ4n) is 3.20. The van der Waals surface area contributed by atoms with E-state index in [-0.39, 0.29) is 11.1 Å². The number of nitrogens with zero attached hydrogens (tertiary/aromatic N) is 3. The van der Waals surface area contributed by atoms with E-state index in [0.29, 0.717) is 27.9 Å². The zero-order valence-electron chi connectivity index (χ0n) is 14.9. The van der Waals surface area contributed by atoms with Crippen molar-refractivity contribution in [1.82, 2.24) is 19.9 Å². The van der Waals surface area contributed by atoms with Gasteiger partial charge in [-0.15, -0.1) is 0 Å². The Morgan fingerprint density at radius 2 is 2.11 bits per heavy atom. The van der Waals surface area contributed by atoms with Gasteiger partial charge in [0.25, 0.3) is 5.91 Å². The Morgan fingerprint density at radius 1 is 1.32 bits per heavy atom. The number of aromatic nitrogens is 3. The summed E-state index contributed by atoms with van der Waals surface area (Å²) in [5, 5.41) is 16.5. The number of carbonyl (C=O) groups excluding carboxylic acids is 1. The molecule has 1 unspecified atom stereocenters. The van der Waals surface area contributed by atoms with Gasteiger partial charge in [0.2, 0.25) is 0 Å². The van der Waals surface area contributed by atoms with Crippen LogP contribution in [0, 0.1) is 12.7 Å². The number of fused-ring (bicyclic) bond motifs is 2. The van der Waals surface area contributed by atoms with Crippen LogP contribution in [0.5, 0.6) is 0 Å². The van der Waals surface area contributed by atoms with E-state index in [0.717, 1.165) is 6.07 Å². The molecule has 0 aliphatic carbocycles. The second-order valence-corrected chi connectivity index (χ2v) is 6.37. The van der Waals surface area contributed by atoms with E-state index in [4.69, 9.17) is 4.42 Å². The Bertz CT molecular complexity index is 1240. The van der Waals surface area contributed by atoms with E-state index in [1.165, 1.54) is 16.8 Å². The summed E-state index contributed by atoms with van der Waals surface area (Å²) in [5.74, 6) is -2.03. The number of hydrogen-bond acceptors (Lipinski definition) is 5. The Hall–Kier alpha value is -3.75. The zero-order valence-corrected chi connectivity index (χ0v) is 14.9. The molecule has 2 N–H and O–H groups in total. The minimum absolute atomic E-state index is 0.0696. The van der Waals surface area contributed by atoms with Gasteiger partial charge in [0.05, 0.1) is 12.2 Å². The van der Waals surface area contributed by atoms with Crippen molar-refractivity contribution in [2.45, 2.75) is 19.9 Å². The van der Waals surface area contributed by atoms with Crippen LogP contribution >= 0.6 is 0 Å². The van der Waals surface area contributed by atoms with Crippen LogP contribution in [0.25, 0.3) is 16.6 Å². The van der Waals surface area contributed by atoms with E-state index >= 15 is 0 Å². The third-order valence-corrected chi connectivity index (χ3v) is 4.53. The number of benzene rings is 1. The molecule has 3 aromatic heterocycles. The van der Waals surface area contributed by atoms with E-state index in [2.05, 4.69) is 15.4 Å². The molecular formula is C19H15FN4O4. The van der Waals surface area contributed by atoms with Gasteiger partial charge in [-0.25, -0.2) is 18.7 Å². The van der Waals surface area contributed by atoms with Gasteiger partial charge in [-0.2, -0.15) is 5.10 Å². The maximum atomic E-state index is 13.8. The molecule has 0 fully saturated rings. The van der Waals surface area contributed by atoms with Crippen LogP contribution in [0.2, 0.25) is 0 Å². The van der Waals surface area contributed by atoms with E-state index < -0.39 is 23.7 Å². The molecule has 28 heavy (non-hydrogen) atoms. The molecule has 4 aromatic rings. The normalized spacial score (nSPS) is 12.4. The van der Waals surface area contributed by atoms with Crippen LogP contribution in [0.1, 0.15) is 45.0 Å². The maximum Gasteiger partial charge on any atom is 0.339 e. The van der Waals surface area contributed by atoms with Crippen molar-refractivity contribution >= 4 is 28.5 Å². The quantitative estimate of drug-likeness (QED) is 0.561. The van der Waals surface area contributed by atoms with Gasteiger partial charge in [0.1, 0.15) is 28.3 Å². The van der Waals surface area contributed by atoms with Crippen molar-refractivity contribution in [3.63, 3.8) is 0 Å². The Morgan fingerprint density at radius 3 is 2.86 bits per heavy atom. The Kier molecular flexibility index (Phi) is 4.07. The lowest BCUT2D eigenvalue weighted by molar-refractivity contribution is 0.0696. The van der Waals surface area contributed by atoms with Crippen LogP contribution in [-0.2, 0) is 0 Å². The highest BCUT2D eigenvalue weighted by Crippen LogP contribution is 2.32. The van der Waals surface area contributed by atoms with Crippen LogP contribution in [0.4, 0.5) is 4.39 Å². The number of carboxylic acid groups (broad SMARTS) is 1. The van der Waals surface area contributed by atoms with Crippen LogP contribution in [0.3, 0.4) is 0 Å². The lowest BCUT2D eigenvalue weighted by Gasteiger charge is -2.12. The van der Waals surface area contributed by atoms with E-state index in [1.807, 2.05) is 0 Å². The van der Waals surface area contributed by atoms with Crippen molar-refractivity contribution in [3.05, 3.63) is 65.1 Å². The monoisotopic (exact) mass is 382 g/mol. The third-order valence-electron chi connectivity index (χ3n) is 4.53.